The molecule has 5 heteroatoms. The van der Waals surface area contributed by atoms with E-state index in [9.17, 15) is 9.59 Å². The van der Waals surface area contributed by atoms with Crippen molar-refractivity contribution in [2.45, 2.75) is 18.4 Å². The summed E-state index contributed by atoms with van der Waals surface area (Å²) in [6.45, 7) is 0. The topological polar surface area (TPSA) is 79.5 Å². The van der Waals surface area contributed by atoms with Gasteiger partial charge in [-0.1, -0.05) is 0 Å². The molecule has 1 aliphatic carbocycles. The van der Waals surface area contributed by atoms with Gasteiger partial charge in [0.25, 0.3) is 5.91 Å². The van der Waals surface area contributed by atoms with E-state index in [2.05, 4.69) is 5.32 Å². The highest BCUT2D eigenvalue weighted by Gasteiger charge is 2.51. The molecule has 1 saturated carbocycles. The number of hydrogen-bond acceptors (Lipinski definition) is 3. The van der Waals surface area contributed by atoms with Crippen molar-refractivity contribution in [3.05, 3.63) is 24.2 Å². The molecule has 74 valence electrons. The lowest BCUT2D eigenvalue weighted by atomic mass is 10.2. The van der Waals surface area contributed by atoms with E-state index in [0.717, 1.165) is 0 Å². The fourth-order valence-electron chi connectivity index (χ4n) is 1.20. The average Bonchev–Trinajstić information content (AvgIpc) is 2.74. The fraction of sp³-hybridized carbons (Fsp3) is 0.333. The zero-order chi connectivity index (χ0) is 10.2. The predicted octanol–water partition coefficient (Wildman–Crippen LogP) is 0.627. The monoisotopic (exact) mass is 195 g/mol. The summed E-state index contributed by atoms with van der Waals surface area (Å²) in [5.41, 5.74) is -0.688. The maximum Gasteiger partial charge on any atom is 0.329 e. The third-order valence-electron chi connectivity index (χ3n) is 2.30. The first-order chi connectivity index (χ1) is 6.64. The van der Waals surface area contributed by atoms with E-state index >= 15 is 0 Å². The molecule has 0 unspecified atom stereocenters. The molecule has 0 saturated heterocycles. The number of amides is 1. The van der Waals surface area contributed by atoms with Gasteiger partial charge in [-0.15, -0.1) is 0 Å². The summed E-state index contributed by atoms with van der Waals surface area (Å²) in [7, 11) is 0. The van der Waals surface area contributed by atoms with Gasteiger partial charge in [0.05, 0.1) is 11.8 Å². The normalized spacial score (nSPS) is 17.4. The first-order valence-electron chi connectivity index (χ1n) is 4.22. The average molecular weight is 195 g/mol. The molecule has 0 radical (unpaired) electrons. The molecule has 0 bridgehead atoms. The first kappa shape index (κ1) is 8.80. The number of nitrogens with one attached hydrogen (secondary N) is 1. The SMILES string of the molecule is O=C(NC1(C(=O)O)CC1)c1ccoc1. The van der Waals surface area contributed by atoms with Crippen LogP contribution in [0.1, 0.15) is 23.2 Å². The van der Waals surface area contributed by atoms with Gasteiger partial charge in [0.15, 0.2) is 0 Å². The number of carboxylic acid groups (broad SMARTS) is 1. The molecule has 1 heterocycles. The van der Waals surface area contributed by atoms with Crippen molar-refractivity contribution < 1.29 is 19.1 Å². The lowest BCUT2D eigenvalue weighted by Crippen LogP contribution is -2.42. The molecule has 1 amide bonds. The Morgan fingerprint density at radius 1 is 1.50 bits per heavy atom. The van der Waals surface area contributed by atoms with Crippen LogP contribution in [0.15, 0.2) is 23.0 Å². The molecule has 0 atom stereocenters. The second-order valence-corrected chi connectivity index (χ2v) is 3.35. The quantitative estimate of drug-likeness (QED) is 0.741. The Bertz CT molecular complexity index is 364. The Morgan fingerprint density at radius 3 is 2.64 bits per heavy atom. The standard InChI is InChI=1S/C9H9NO4/c11-7(6-1-4-14-5-6)10-9(2-3-9)8(12)13/h1,4-5H,2-3H2,(H,10,11)(H,12,13). The number of rotatable bonds is 3. The Hall–Kier alpha value is -1.78. The van der Waals surface area contributed by atoms with Gasteiger partial charge in [0, 0.05) is 0 Å². The minimum absolute atomic E-state index is 0.345. The van der Waals surface area contributed by atoms with Crippen molar-refractivity contribution >= 4 is 11.9 Å². The van der Waals surface area contributed by atoms with E-state index in [4.69, 9.17) is 9.52 Å². The van der Waals surface area contributed by atoms with E-state index in [1.807, 2.05) is 0 Å². The van der Waals surface area contributed by atoms with Crippen molar-refractivity contribution in [2.24, 2.45) is 0 Å². The van der Waals surface area contributed by atoms with E-state index in [1.165, 1.54) is 18.6 Å². The molecule has 0 aromatic carbocycles. The van der Waals surface area contributed by atoms with Gasteiger partial charge in [-0.25, -0.2) is 4.79 Å². The van der Waals surface area contributed by atoms with Crippen molar-refractivity contribution in [1.82, 2.24) is 5.32 Å². The van der Waals surface area contributed by atoms with Crippen LogP contribution in [-0.4, -0.2) is 22.5 Å². The van der Waals surface area contributed by atoms with Crippen LogP contribution in [0.5, 0.6) is 0 Å². The second-order valence-electron chi connectivity index (χ2n) is 3.35. The van der Waals surface area contributed by atoms with Gasteiger partial charge >= 0.3 is 5.97 Å². The molecule has 1 fully saturated rings. The number of carboxylic acids is 1. The molecule has 0 aliphatic heterocycles. The number of aliphatic carboxylic acids is 1. The Kier molecular flexibility index (Phi) is 1.80. The van der Waals surface area contributed by atoms with Gasteiger partial charge < -0.3 is 14.8 Å². The second kappa shape index (κ2) is 2.87. The molecule has 2 N–H and O–H groups in total. The first-order valence-corrected chi connectivity index (χ1v) is 4.22. The van der Waals surface area contributed by atoms with Crippen molar-refractivity contribution in [1.29, 1.82) is 0 Å². The summed E-state index contributed by atoms with van der Waals surface area (Å²) >= 11 is 0. The zero-order valence-electron chi connectivity index (χ0n) is 7.32. The van der Waals surface area contributed by atoms with Crippen LogP contribution in [0.25, 0.3) is 0 Å². The van der Waals surface area contributed by atoms with E-state index in [-0.39, 0.29) is 0 Å². The highest BCUT2D eigenvalue weighted by atomic mass is 16.4. The van der Waals surface area contributed by atoms with E-state index in [1.54, 1.807) is 0 Å². The summed E-state index contributed by atoms with van der Waals surface area (Å²) in [6.07, 6.45) is 3.64. The van der Waals surface area contributed by atoms with Crippen LogP contribution < -0.4 is 5.32 Å². The predicted molar refractivity (Wildman–Crippen MR) is 45.8 cm³/mol. The molecule has 2 rings (SSSR count). The van der Waals surface area contributed by atoms with Gasteiger partial charge in [-0.2, -0.15) is 0 Å². The fourth-order valence-corrected chi connectivity index (χ4v) is 1.20. The maximum absolute atomic E-state index is 11.4. The summed E-state index contributed by atoms with van der Waals surface area (Å²) < 4.78 is 4.72. The van der Waals surface area contributed by atoms with Crippen LogP contribution in [0, 0.1) is 0 Å². The lowest BCUT2D eigenvalue weighted by molar-refractivity contribution is -0.140. The highest BCUT2D eigenvalue weighted by molar-refractivity contribution is 5.98. The van der Waals surface area contributed by atoms with Crippen molar-refractivity contribution in [2.75, 3.05) is 0 Å². The molecular weight excluding hydrogens is 186 g/mol. The third kappa shape index (κ3) is 1.37. The van der Waals surface area contributed by atoms with Gasteiger partial charge in [0.1, 0.15) is 11.8 Å². The van der Waals surface area contributed by atoms with Gasteiger partial charge in [-0.3, -0.25) is 4.79 Å². The van der Waals surface area contributed by atoms with Gasteiger partial charge in [-0.05, 0) is 18.9 Å². The van der Waals surface area contributed by atoms with Crippen molar-refractivity contribution in [3.8, 4) is 0 Å². The summed E-state index contributed by atoms with van der Waals surface area (Å²) in [5.74, 6) is -1.38. The van der Waals surface area contributed by atoms with Crippen LogP contribution in [0.4, 0.5) is 0 Å². The molecule has 0 spiro atoms. The lowest BCUT2D eigenvalue weighted by Gasteiger charge is -2.10. The zero-order valence-corrected chi connectivity index (χ0v) is 7.32. The Labute approximate surface area is 79.7 Å². The molecule has 5 nitrogen and oxygen atoms in total. The van der Waals surface area contributed by atoms with Crippen LogP contribution >= 0.6 is 0 Å². The molecular formula is C9H9NO4. The minimum atomic E-state index is -1.03. The summed E-state index contributed by atoms with van der Waals surface area (Å²) in [4.78, 5) is 22.2. The number of furan rings is 1. The highest BCUT2D eigenvalue weighted by Crippen LogP contribution is 2.35. The molecule has 1 aliphatic rings. The largest absolute Gasteiger partial charge is 0.480 e. The number of carbonyl (C=O) groups excluding carboxylic acids is 1. The number of hydrogen-bond donors (Lipinski definition) is 2. The maximum atomic E-state index is 11.4. The Balaban J connectivity index is 2.06. The molecule has 1 aromatic rings. The van der Waals surface area contributed by atoms with Crippen LogP contribution in [0.3, 0.4) is 0 Å². The van der Waals surface area contributed by atoms with Crippen LogP contribution in [-0.2, 0) is 4.79 Å². The number of carbonyl (C=O) groups is 2. The van der Waals surface area contributed by atoms with E-state index < -0.39 is 17.4 Å². The minimum Gasteiger partial charge on any atom is -0.480 e. The molecule has 14 heavy (non-hydrogen) atoms. The molecule has 1 aromatic heterocycles. The van der Waals surface area contributed by atoms with Crippen molar-refractivity contribution in [3.63, 3.8) is 0 Å². The third-order valence-corrected chi connectivity index (χ3v) is 2.30. The van der Waals surface area contributed by atoms with E-state index in [0.29, 0.717) is 18.4 Å². The van der Waals surface area contributed by atoms with Gasteiger partial charge in [0.2, 0.25) is 0 Å². The van der Waals surface area contributed by atoms with Crippen LogP contribution in [0.2, 0.25) is 0 Å². The summed E-state index contributed by atoms with van der Waals surface area (Å²) in [6, 6.07) is 1.49. The Morgan fingerprint density at radius 2 is 2.21 bits per heavy atom. The smallest absolute Gasteiger partial charge is 0.329 e. The summed E-state index contributed by atoms with van der Waals surface area (Å²) in [5, 5.41) is 11.3.